The minimum atomic E-state index is 0. The van der Waals surface area contributed by atoms with Crippen molar-refractivity contribution in [1.29, 1.82) is 0 Å². The van der Waals surface area contributed by atoms with Gasteiger partial charge in [-0.1, -0.05) is 94.1 Å². The van der Waals surface area contributed by atoms with Crippen LogP contribution in [-0.4, -0.2) is 18.0 Å². The van der Waals surface area contributed by atoms with Crippen molar-refractivity contribution in [2.45, 2.75) is 33.2 Å². The summed E-state index contributed by atoms with van der Waals surface area (Å²) >= 11 is 0. The van der Waals surface area contributed by atoms with E-state index in [1.807, 2.05) is 36.4 Å². The van der Waals surface area contributed by atoms with Crippen molar-refractivity contribution in [3.05, 3.63) is 78.4 Å². The topological polar surface area (TPSA) is 3.24 Å². The second-order valence-electron chi connectivity index (χ2n) is 5.17. The summed E-state index contributed by atoms with van der Waals surface area (Å²) in [4.78, 5) is 2.51. The maximum atomic E-state index is 3.63. The summed E-state index contributed by atoms with van der Waals surface area (Å²) in [5.41, 5.74) is 2.62. The molecule has 0 heterocycles. The molecule has 0 N–H and O–H groups in total. The van der Waals surface area contributed by atoms with Crippen molar-refractivity contribution < 1.29 is 0 Å². The molecule has 2 aromatic rings. The minimum absolute atomic E-state index is 0. The molecule has 0 aliphatic carbocycles. The third kappa shape index (κ3) is 7.49. The molecule has 0 amide bonds. The molecular formula is C21H30ClN. The Hall–Kier alpha value is -1.57. The lowest BCUT2D eigenvalue weighted by molar-refractivity contribution is 0.213. The van der Waals surface area contributed by atoms with E-state index < -0.39 is 0 Å². The lowest BCUT2D eigenvalue weighted by Gasteiger charge is -2.29. The zero-order valence-corrected chi connectivity index (χ0v) is 15.4. The second kappa shape index (κ2) is 12.9. The van der Waals surface area contributed by atoms with Crippen LogP contribution in [-0.2, 0) is 0 Å². The van der Waals surface area contributed by atoms with Gasteiger partial charge in [-0.05, 0) is 30.6 Å². The zero-order chi connectivity index (χ0) is 16.2. The van der Waals surface area contributed by atoms with Crippen molar-refractivity contribution in [2.75, 3.05) is 13.1 Å². The van der Waals surface area contributed by atoms with Gasteiger partial charge >= 0.3 is 0 Å². The second-order valence-corrected chi connectivity index (χ2v) is 5.17. The number of hydrogen-bond donors (Lipinski definition) is 0. The van der Waals surface area contributed by atoms with Crippen LogP contribution < -0.4 is 0 Å². The number of benzene rings is 2. The normalized spacial score (nSPS) is 11.0. The predicted octanol–water partition coefficient (Wildman–Crippen LogP) is 6.23. The fraction of sp³-hybridized carbons (Fsp3) is 0.333. The van der Waals surface area contributed by atoms with Crippen LogP contribution in [0.2, 0.25) is 0 Å². The maximum Gasteiger partial charge on any atom is 0.0345 e. The van der Waals surface area contributed by atoms with E-state index in [1.165, 1.54) is 17.5 Å². The Kier molecular flexibility index (Phi) is 12.0. The molecular weight excluding hydrogens is 302 g/mol. The van der Waals surface area contributed by atoms with Crippen molar-refractivity contribution in [1.82, 2.24) is 4.90 Å². The first-order valence-corrected chi connectivity index (χ1v) is 8.23. The largest absolute Gasteiger partial charge is 0.297 e. The lowest BCUT2D eigenvalue weighted by atomic mass is 10.0. The number of halogens is 1. The summed E-state index contributed by atoms with van der Waals surface area (Å²) in [6, 6.07) is 21.4. The summed E-state index contributed by atoms with van der Waals surface area (Å²) < 4.78 is 0. The molecule has 0 aromatic heterocycles. The van der Waals surface area contributed by atoms with Crippen molar-refractivity contribution >= 4 is 18.5 Å². The number of hydrogen-bond acceptors (Lipinski definition) is 1. The van der Waals surface area contributed by atoms with Gasteiger partial charge in [-0.2, -0.15) is 0 Å². The zero-order valence-electron chi connectivity index (χ0n) is 14.6. The molecule has 0 fully saturated rings. The number of rotatable bonds is 6. The van der Waals surface area contributed by atoms with Crippen LogP contribution in [0.5, 0.6) is 0 Å². The molecule has 0 bridgehead atoms. The van der Waals surface area contributed by atoms with Gasteiger partial charge in [0.2, 0.25) is 0 Å². The summed E-state index contributed by atoms with van der Waals surface area (Å²) in [6.07, 6.45) is 3.02. The van der Waals surface area contributed by atoms with Gasteiger partial charge in [0.1, 0.15) is 0 Å². The maximum absolute atomic E-state index is 3.63. The third-order valence-corrected chi connectivity index (χ3v) is 3.86. The molecule has 1 unspecified atom stereocenters. The monoisotopic (exact) mass is 331 g/mol. The van der Waals surface area contributed by atoms with E-state index in [2.05, 4.69) is 62.6 Å². The van der Waals surface area contributed by atoms with Crippen molar-refractivity contribution in [3.8, 4) is 0 Å². The Bertz CT molecular complexity index is 506. The lowest BCUT2D eigenvalue weighted by Crippen LogP contribution is -2.27. The van der Waals surface area contributed by atoms with E-state index in [0.29, 0.717) is 6.04 Å². The Balaban J connectivity index is 0.000000460. The molecule has 1 nitrogen and oxygen atoms in total. The first kappa shape index (κ1) is 21.4. The average Bonchev–Trinajstić information content (AvgIpc) is 2.61. The summed E-state index contributed by atoms with van der Waals surface area (Å²) in [6.45, 7) is 12.6. The highest BCUT2D eigenvalue weighted by molar-refractivity contribution is 5.85. The Morgan fingerprint density at radius 2 is 1.35 bits per heavy atom. The molecule has 0 aliphatic heterocycles. The van der Waals surface area contributed by atoms with E-state index in [1.54, 1.807) is 0 Å². The van der Waals surface area contributed by atoms with Gasteiger partial charge in [0.25, 0.3) is 0 Å². The van der Waals surface area contributed by atoms with Crippen LogP contribution in [0.15, 0.2) is 67.2 Å². The van der Waals surface area contributed by atoms with Gasteiger partial charge in [-0.15, -0.1) is 12.4 Å². The molecule has 0 saturated heterocycles. The highest BCUT2D eigenvalue weighted by Crippen LogP contribution is 2.23. The van der Waals surface area contributed by atoms with Gasteiger partial charge in [0, 0.05) is 6.04 Å². The van der Waals surface area contributed by atoms with Gasteiger partial charge in [0.05, 0.1) is 0 Å². The average molecular weight is 332 g/mol. The fourth-order valence-electron chi connectivity index (χ4n) is 2.63. The molecule has 1 atom stereocenters. The molecule has 2 aromatic carbocycles. The van der Waals surface area contributed by atoms with Gasteiger partial charge in [-0.3, -0.25) is 4.90 Å². The van der Waals surface area contributed by atoms with Gasteiger partial charge < -0.3 is 0 Å². The van der Waals surface area contributed by atoms with Gasteiger partial charge in [0.15, 0.2) is 0 Å². The highest BCUT2D eigenvalue weighted by Gasteiger charge is 2.14. The molecule has 2 heteroatoms. The first-order valence-electron chi connectivity index (χ1n) is 8.23. The smallest absolute Gasteiger partial charge is 0.0345 e. The Morgan fingerprint density at radius 1 is 0.870 bits per heavy atom. The summed E-state index contributed by atoms with van der Waals surface area (Å²) in [7, 11) is 0. The fourth-order valence-corrected chi connectivity index (χ4v) is 2.63. The standard InChI is InChI=1S/C13H21N.C8H8.ClH/c1-4-13(14(5-2)6-3)12-10-8-7-9-11-12;1-2-8-6-4-3-5-7-8;/h7-11,13H,4-6H2,1-3H3;2-7H,1H2;1H. The molecule has 0 radical (unpaired) electrons. The Labute approximate surface area is 148 Å². The molecule has 2 rings (SSSR count). The summed E-state index contributed by atoms with van der Waals surface area (Å²) in [5, 5.41) is 0. The van der Waals surface area contributed by atoms with Crippen LogP contribution in [0.1, 0.15) is 44.4 Å². The van der Waals surface area contributed by atoms with Crippen molar-refractivity contribution in [3.63, 3.8) is 0 Å². The van der Waals surface area contributed by atoms with Crippen LogP contribution in [0, 0.1) is 0 Å². The van der Waals surface area contributed by atoms with E-state index >= 15 is 0 Å². The predicted molar refractivity (Wildman–Crippen MR) is 106 cm³/mol. The van der Waals surface area contributed by atoms with E-state index in [4.69, 9.17) is 0 Å². The minimum Gasteiger partial charge on any atom is -0.297 e. The SMILES string of the molecule is C=Cc1ccccc1.CCC(c1ccccc1)N(CC)CC.Cl. The molecule has 0 aliphatic rings. The van der Waals surface area contributed by atoms with Crippen LogP contribution >= 0.6 is 12.4 Å². The van der Waals surface area contributed by atoms with E-state index in [0.717, 1.165) is 13.1 Å². The van der Waals surface area contributed by atoms with E-state index in [-0.39, 0.29) is 12.4 Å². The molecule has 0 saturated carbocycles. The third-order valence-electron chi connectivity index (χ3n) is 3.86. The number of nitrogens with zero attached hydrogens (tertiary/aromatic N) is 1. The van der Waals surface area contributed by atoms with Gasteiger partial charge in [-0.25, -0.2) is 0 Å². The van der Waals surface area contributed by atoms with Crippen LogP contribution in [0.4, 0.5) is 0 Å². The highest BCUT2D eigenvalue weighted by atomic mass is 35.5. The molecule has 0 spiro atoms. The van der Waals surface area contributed by atoms with E-state index in [9.17, 15) is 0 Å². The first-order chi connectivity index (χ1) is 10.8. The molecule has 23 heavy (non-hydrogen) atoms. The quantitative estimate of drug-likeness (QED) is 0.606. The van der Waals surface area contributed by atoms with Crippen molar-refractivity contribution in [2.24, 2.45) is 0 Å². The van der Waals surface area contributed by atoms with Crippen LogP contribution in [0.3, 0.4) is 0 Å². The Morgan fingerprint density at radius 3 is 1.70 bits per heavy atom. The summed E-state index contributed by atoms with van der Waals surface area (Å²) in [5.74, 6) is 0. The molecule has 126 valence electrons. The van der Waals surface area contributed by atoms with Crippen LogP contribution in [0.25, 0.3) is 6.08 Å².